The van der Waals surface area contributed by atoms with E-state index < -0.39 is 29.9 Å². The molecule has 2 rings (SSSR count). The molecular weight excluding hydrogens is 458 g/mol. The first-order valence-corrected chi connectivity index (χ1v) is 12.3. The molecule has 3 amide bonds. The van der Waals surface area contributed by atoms with Gasteiger partial charge in [-0.2, -0.15) is 0 Å². The number of benzene rings is 2. The van der Waals surface area contributed by atoms with Gasteiger partial charge in [0.1, 0.15) is 24.1 Å². The Morgan fingerprint density at radius 3 is 1.97 bits per heavy atom. The first-order chi connectivity index (χ1) is 17.1. The van der Waals surface area contributed by atoms with E-state index in [9.17, 15) is 24.3 Å². The van der Waals surface area contributed by atoms with Crippen molar-refractivity contribution in [1.29, 1.82) is 0 Å². The zero-order valence-electron chi connectivity index (χ0n) is 21.4. The van der Waals surface area contributed by atoms with E-state index in [4.69, 9.17) is 0 Å². The van der Waals surface area contributed by atoms with E-state index >= 15 is 0 Å². The molecule has 2 aromatic rings. The van der Waals surface area contributed by atoms with Crippen LogP contribution in [0.15, 0.2) is 54.6 Å². The molecule has 4 N–H and O–H groups in total. The molecular formula is C28H37N3O5. The van der Waals surface area contributed by atoms with E-state index in [1.54, 1.807) is 26.0 Å². The SMILES string of the molecule is CC(C)CC(=O)N[C@@H](Cc1ccccc1)C(=O)N[C@H](C(=O)NC(C=O)Cc1ccc(O)cc1)C(C)C. The number of phenolic OH excluding ortho intramolecular Hbond substituents is 1. The molecule has 0 aliphatic rings. The highest BCUT2D eigenvalue weighted by Gasteiger charge is 2.30. The first-order valence-electron chi connectivity index (χ1n) is 12.3. The molecule has 0 aliphatic heterocycles. The molecule has 36 heavy (non-hydrogen) atoms. The largest absolute Gasteiger partial charge is 0.508 e. The second-order valence-electron chi connectivity index (χ2n) is 9.76. The number of hydrogen-bond donors (Lipinski definition) is 4. The van der Waals surface area contributed by atoms with Gasteiger partial charge in [-0.1, -0.05) is 70.2 Å². The molecule has 0 saturated carbocycles. The van der Waals surface area contributed by atoms with Gasteiger partial charge in [-0.3, -0.25) is 14.4 Å². The predicted octanol–water partition coefficient (Wildman–Crippen LogP) is 2.53. The summed E-state index contributed by atoms with van der Waals surface area (Å²) >= 11 is 0. The molecule has 0 bridgehead atoms. The summed E-state index contributed by atoms with van der Waals surface area (Å²) in [4.78, 5) is 50.5. The minimum Gasteiger partial charge on any atom is -0.508 e. The highest BCUT2D eigenvalue weighted by molar-refractivity contribution is 5.93. The van der Waals surface area contributed by atoms with E-state index in [0.717, 1.165) is 11.1 Å². The molecule has 0 saturated heterocycles. The molecule has 8 heteroatoms. The van der Waals surface area contributed by atoms with Crippen LogP contribution in [-0.2, 0) is 32.0 Å². The van der Waals surface area contributed by atoms with Gasteiger partial charge in [0.2, 0.25) is 17.7 Å². The number of carbonyl (C=O) groups excluding carboxylic acids is 4. The lowest BCUT2D eigenvalue weighted by atomic mass is 9.99. The Balaban J connectivity index is 2.12. The zero-order valence-corrected chi connectivity index (χ0v) is 21.4. The topological polar surface area (TPSA) is 125 Å². The third-order valence-electron chi connectivity index (χ3n) is 5.66. The van der Waals surface area contributed by atoms with Crippen molar-refractivity contribution in [3.05, 3.63) is 65.7 Å². The summed E-state index contributed by atoms with van der Waals surface area (Å²) in [5.41, 5.74) is 1.65. The van der Waals surface area contributed by atoms with Crippen LogP contribution in [0.2, 0.25) is 0 Å². The number of nitrogens with one attached hydrogen (secondary N) is 3. The molecule has 194 valence electrons. The van der Waals surface area contributed by atoms with Gasteiger partial charge < -0.3 is 25.9 Å². The van der Waals surface area contributed by atoms with Gasteiger partial charge in [0.05, 0.1) is 6.04 Å². The van der Waals surface area contributed by atoms with Crippen molar-refractivity contribution < 1.29 is 24.3 Å². The average molecular weight is 496 g/mol. The number of aldehydes is 1. The second kappa shape index (κ2) is 14.0. The Morgan fingerprint density at radius 2 is 1.42 bits per heavy atom. The van der Waals surface area contributed by atoms with Gasteiger partial charge in [-0.05, 0) is 41.5 Å². The molecule has 8 nitrogen and oxygen atoms in total. The lowest BCUT2D eigenvalue weighted by molar-refractivity contribution is -0.133. The molecule has 0 aromatic heterocycles. The van der Waals surface area contributed by atoms with Gasteiger partial charge in [-0.25, -0.2) is 0 Å². The minimum absolute atomic E-state index is 0.110. The van der Waals surface area contributed by atoms with Crippen molar-refractivity contribution in [2.24, 2.45) is 11.8 Å². The van der Waals surface area contributed by atoms with Gasteiger partial charge in [0.15, 0.2) is 0 Å². The second-order valence-corrected chi connectivity index (χ2v) is 9.76. The standard InChI is InChI=1S/C28H37N3O5/c1-18(2)14-25(34)30-24(16-20-8-6-5-7-9-20)27(35)31-26(19(3)4)28(36)29-22(17-32)15-21-10-12-23(33)13-11-21/h5-13,17-19,22,24,26,33H,14-16H2,1-4H3,(H,29,36)(H,30,34)(H,31,35)/t22?,24-,26-/m0/s1. The number of carbonyl (C=O) groups is 4. The lowest BCUT2D eigenvalue weighted by Crippen LogP contribution is -2.57. The smallest absolute Gasteiger partial charge is 0.243 e. The molecule has 1 unspecified atom stereocenters. The zero-order chi connectivity index (χ0) is 26.7. The van der Waals surface area contributed by atoms with Gasteiger partial charge in [-0.15, -0.1) is 0 Å². The Labute approximate surface area is 212 Å². The monoisotopic (exact) mass is 495 g/mol. The Kier molecular flexibility index (Phi) is 11.1. The van der Waals surface area contributed by atoms with Crippen LogP contribution in [0.5, 0.6) is 5.75 Å². The summed E-state index contributed by atoms with van der Waals surface area (Å²) in [6.07, 6.45) is 1.45. The normalized spacial score (nSPS) is 13.5. The number of aromatic hydroxyl groups is 1. The first kappa shape index (κ1) is 28.6. The summed E-state index contributed by atoms with van der Waals surface area (Å²) < 4.78 is 0. The van der Waals surface area contributed by atoms with Crippen LogP contribution in [0.3, 0.4) is 0 Å². The number of amides is 3. The van der Waals surface area contributed by atoms with Gasteiger partial charge in [0, 0.05) is 12.8 Å². The third kappa shape index (κ3) is 9.52. The predicted molar refractivity (Wildman–Crippen MR) is 138 cm³/mol. The number of phenols is 1. The van der Waals surface area contributed by atoms with Crippen molar-refractivity contribution in [2.45, 2.75) is 65.1 Å². The van der Waals surface area contributed by atoms with Crippen molar-refractivity contribution in [2.75, 3.05) is 0 Å². The van der Waals surface area contributed by atoms with Crippen LogP contribution in [-0.4, -0.2) is 47.2 Å². The van der Waals surface area contributed by atoms with E-state index in [1.807, 2.05) is 44.2 Å². The quantitative estimate of drug-likeness (QED) is 0.318. The number of rotatable bonds is 13. The van der Waals surface area contributed by atoms with Crippen LogP contribution in [0.4, 0.5) is 0 Å². The van der Waals surface area contributed by atoms with E-state index in [2.05, 4.69) is 16.0 Å². The van der Waals surface area contributed by atoms with Crippen LogP contribution in [0.25, 0.3) is 0 Å². The molecule has 0 aliphatic carbocycles. The molecule has 2 aromatic carbocycles. The highest BCUT2D eigenvalue weighted by atomic mass is 16.3. The van der Waals surface area contributed by atoms with Gasteiger partial charge >= 0.3 is 0 Å². The maximum absolute atomic E-state index is 13.3. The van der Waals surface area contributed by atoms with E-state index in [0.29, 0.717) is 6.29 Å². The molecule has 0 radical (unpaired) electrons. The Morgan fingerprint density at radius 1 is 0.806 bits per heavy atom. The molecule has 0 fully saturated rings. The van der Waals surface area contributed by atoms with E-state index in [-0.39, 0.29) is 42.8 Å². The van der Waals surface area contributed by atoms with Crippen molar-refractivity contribution in [3.63, 3.8) is 0 Å². The Bertz CT molecular complexity index is 1010. The summed E-state index contributed by atoms with van der Waals surface area (Å²) in [7, 11) is 0. The number of hydrogen-bond acceptors (Lipinski definition) is 5. The average Bonchev–Trinajstić information content (AvgIpc) is 2.82. The summed E-state index contributed by atoms with van der Waals surface area (Å²) in [5.74, 6) is -1.21. The minimum atomic E-state index is -0.903. The van der Waals surface area contributed by atoms with Crippen molar-refractivity contribution in [1.82, 2.24) is 16.0 Å². The summed E-state index contributed by atoms with van der Waals surface area (Å²) in [6, 6.07) is 13.2. The highest BCUT2D eigenvalue weighted by Crippen LogP contribution is 2.12. The van der Waals surface area contributed by atoms with Crippen molar-refractivity contribution >= 4 is 24.0 Å². The van der Waals surface area contributed by atoms with Crippen LogP contribution in [0, 0.1) is 11.8 Å². The summed E-state index contributed by atoms with van der Waals surface area (Å²) in [5, 5.41) is 17.7. The molecule has 3 atom stereocenters. The fourth-order valence-corrected chi connectivity index (χ4v) is 3.76. The van der Waals surface area contributed by atoms with Gasteiger partial charge in [0.25, 0.3) is 0 Å². The van der Waals surface area contributed by atoms with Crippen LogP contribution >= 0.6 is 0 Å². The fourth-order valence-electron chi connectivity index (χ4n) is 3.76. The van der Waals surface area contributed by atoms with E-state index in [1.165, 1.54) is 12.1 Å². The maximum atomic E-state index is 13.3. The third-order valence-corrected chi connectivity index (χ3v) is 5.66. The molecule has 0 heterocycles. The van der Waals surface area contributed by atoms with Crippen molar-refractivity contribution in [3.8, 4) is 5.75 Å². The van der Waals surface area contributed by atoms with Crippen LogP contribution < -0.4 is 16.0 Å². The lowest BCUT2D eigenvalue weighted by Gasteiger charge is -2.26. The Hall–Kier alpha value is -3.68. The fraction of sp³-hybridized carbons (Fsp3) is 0.429. The maximum Gasteiger partial charge on any atom is 0.243 e. The molecule has 0 spiro atoms. The van der Waals surface area contributed by atoms with Crippen LogP contribution in [0.1, 0.15) is 45.2 Å². The summed E-state index contributed by atoms with van der Waals surface area (Å²) in [6.45, 7) is 7.44.